The number of aliphatic carboxylic acids is 1. The second kappa shape index (κ2) is 4.98. The Hall–Kier alpha value is -1.29. The molecule has 1 rings (SSSR count). The first kappa shape index (κ1) is 11.8. The minimum Gasteiger partial charge on any atom is -0.496 e. The van der Waals surface area contributed by atoms with Crippen molar-refractivity contribution < 1.29 is 14.6 Å². The Kier molecular flexibility index (Phi) is 3.91. The lowest BCUT2D eigenvalue weighted by Gasteiger charge is -2.06. The molecular weight excluding hydrogens is 260 g/mol. The molecule has 0 saturated carbocycles. The zero-order valence-electron chi connectivity index (χ0n) is 8.45. The number of benzene rings is 1. The topological polar surface area (TPSA) is 46.5 Å². The van der Waals surface area contributed by atoms with Crippen LogP contribution in [0.15, 0.2) is 28.7 Å². The summed E-state index contributed by atoms with van der Waals surface area (Å²) in [6, 6.07) is 5.44. The minimum atomic E-state index is -0.945. The van der Waals surface area contributed by atoms with E-state index in [9.17, 15) is 4.79 Å². The van der Waals surface area contributed by atoms with Crippen molar-refractivity contribution in [1.82, 2.24) is 0 Å². The average molecular weight is 271 g/mol. The lowest BCUT2D eigenvalue weighted by Crippen LogP contribution is -1.91. The summed E-state index contributed by atoms with van der Waals surface area (Å²) >= 11 is 3.34. The van der Waals surface area contributed by atoms with Gasteiger partial charge in [0.15, 0.2) is 0 Å². The van der Waals surface area contributed by atoms with E-state index in [1.54, 1.807) is 20.1 Å². The van der Waals surface area contributed by atoms with Crippen molar-refractivity contribution in [3.63, 3.8) is 0 Å². The molecule has 0 heterocycles. The lowest BCUT2D eigenvalue weighted by atomic mass is 10.1. The molecule has 0 aliphatic heterocycles. The molecule has 0 aromatic heterocycles. The van der Waals surface area contributed by atoms with Gasteiger partial charge in [0.25, 0.3) is 0 Å². The maximum atomic E-state index is 10.5. The van der Waals surface area contributed by atoms with E-state index >= 15 is 0 Å². The predicted octanol–water partition coefficient (Wildman–Crippen LogP) is 2.95. The zero-order chi connectivity index (χ0) is 11.4. The number of carboxylic acid groups (broad SMARTS) is 1. The number of carbonyl (C=O) groups is 1. The molecule has 4 heteroatoms. The number of hydrogen-bond acceptors (Lipinski definition) is 2. The SMILES string of the molecule is COc1ccc(/C(C)=C\C(=O)O)cc1Br. The number of hydrogen-bond donors (Lipinski definition) is 1. The highest BCUT2D eigenvalue weighted by atomic mass is 79.9. The van der Waals surface area contributed by atoms with E-state index in [-0.39, 0.29) is 0 Å². The summed E-state index contributed by atoms with van der Waals surface area (Å²) in [5.41, 5.74) is 1.55. The van der Waals surface area contributed by atoms with E-state index in [1.807, 2.05) is 12.1 Å². The monoisotopic (exact) mass is 270 g/mol. The van der Waals surface area contributed by atoms with Crippen LogP contribution in [0, 0.1) is 0 Å². The number of rotatable bonds is 3. The van der Waals surface area contributed by atoms with Crippen molar-refractivity contribution in [1.29, 1.82) is 0 Å². The molecule has 0 atom stereocenters. The Balaban J connectivity index is 3.07. The number of ether oxygens (including phenoxy) is 1. The summed E-state index contributed by atoms with van der Waals surface area (Å²) in [4.78, 5) is 10.5. The van der Waals surface area contributed by atoms with Gasteiger partial charge < -0.3 is 9.84 Å². The van der Waals surface area contributed by atoms with Crippen LogP contribution in [-0.2, 0) is 4.79 Å². The van der Waals surface area contributed by atoms with Gasteiger partial charge in [-0.25, -0.2) is 4.79 Å². The Labute approximate surface area is 96.5 Å². The summed E-state index contributed by atoms with van der Waals surface area (Å²) in [5.74, 6) is -0.221. The molecule has 80 valence electrons. The fourth-order valence-electron chi connectivity index (χ4n) is 1.18. The zero-order valence-corrected chi connectivity index (χ0v) is 10.0. The highest BCUT2D eigenvalue weighted by molar-refractivity contribution is 9.10. The van der Waals surface area contributed by atoms with Crippen molar-refractivity contribution in [3.8, 4) is 5.75 Å². The van der Waals surface area contributed by atoms with E-state index in [4.69, 9.17) is 9.84 Å². The summed E-state index contributed by atoms with van der Waals surface area (Å²) in [5, 5.41) is 8.60. The first-order valence-electron chi connectivity index (χ1n) is 4.29. The molecule has 1 N–H and O–H groups in total. The molecule has 0 amide bonds. The molecule has 1 aromatic rings. The van der Waals surface area contributed by atoms with Gasteiger partial charge in [-0.1, -0.05) is 6.07 Å². The van der Waals surface area contributed by atoms with Crippen LogP contribution < -0.4 is 4.74 Å². The Bertz CT molecular complexity index is 410. The highest BCUT2D eigenvalue weighted by Gasteiger charge is 2.03. The largest absolute Gasteiger partial charge is 0.496 e. The summed E-state index contributed by atoms with van der Waals surface area (Å²) in [6.45, 7) is 1.75. The molecule has 0 saturated heterocycles. The Morgan fingerprint density at radius 3 is 2.67 bits per heavy atom. The summed E-state index contributed by atoms with van der Waals surface area (Å²) < 4.78 is 5.88. The smallest absolute Gasteiger partial charge is 0.328 e. The molecule has 0 bridgehead atoms. The molecular formula is C11H11BrO3. The normalized spacial score (nSPS) is 11.3. The third-order valence-corrected chi connectivity index (χ3v) is 2.57. The van der Waals surface area contributed by atoms with Crippen LogP contribution in [0.5, 0.6) is 5.75 Å². The fraction of sp³-hybridized carbons (Fsp3) is 0.182. The van der Waals surface area contributed by atoms with Crippen molar-refractivity contribution in [2.24, 2.45) is 0 Å². The van der Waals surface area contributed by atoms with Gasteiger partial charge in [0.2, 0.25) is 0 Å². The summed E-state index contributed by atoms with van der Waals surface area (Å²) in [7, 11) is 1.58. The molecule has 1 aromatic carbocycles. The quantitative estimate of drug-likeness (QED) is 0.860. The second-order valence-corrected chi connectivity index (χ2v) is 3.87. The van der Waals surface area contributed by atoms with Gasteiger partial charge in [-0.05, 0) is 46.1 Å². The van der Waals surface area contributed by atoms with Gasteiger partial charge in [0, 0.05) is 6.08 Å². The van der Waals surface area contributed by atoms with Gasteiger partial charge >= 0.3 is 5.97 Å². The van der Waals surface area contributed by atoms with Crippen LogP contribution in [-0.4, -0.2) is 18.2 Å². The van der Waals surface area contributed by atoms with Gasteiger partial charge in [-0.2, -0.15) is 0 Å². The second-order valence-electron chi connectivity index (χ2n) is 3.01. The maximum absolute atomic E-state index is 10.5. The first-order valence-corrected chi connectivity index (χ1v) is 5.09. The number of methoxy groups -OCH3 is 1. The van der Waals surface area contributed by atoms with E-state index < -0.39 is 5.97 Å². The molecule has 3 nitrogen and oxygen atoms in total. The van der Waals surface area contributed by atoms with Crippen LogP contribution in [0.3, 0.4) is 0 Å². The maximum Gasteiger partial charge on any atom is 0.328 e. The van der Waals surface area contributed by atoms with Crippen LogP contribution >= 0.6 is 15.9 Å². The van der Waals surface area contributed by atoms with Crippen molar-refractivity contribution in [3.05, 3.63) is 34.3 Å². The molecule has 0 aliphatic carbocycles. The third-order valence-electron chi connectivity index (χ3n) is 1.95. The molecule has 15 heavy (non-hydrogen) atoms. The summed E-state index contributed by atoms with van der Waals surface area (Å²) in [6.07, 6.45) is 1.17. The van der Waals surface area contributed by atoms with E-state index in [0.717, 1.165) is 15.8 Å². The standard InChI is InChI=1S/C11H11BrO3/c1-7(5-11(13)14)8-3-4-10(15-2)9(12)6-8/h3-6H,1-2H3,(H,13,14)/b7-5-. The van der Waals surface area contributed by atoms with Gasteiger partial charge in [-0.15, -0.1) is 0 Å². The van der Waals surface area contributed by atoms with E-state index in [2.05, 4.69) is 15.9 Å². The Morgan fingerprint density at radius 2 is 2.20 bits per heavy atom. The average Bonchev–Trinajstić information content (AvgIpc) is 2.16. The van der Waals surface area contributed by atoms with Crippen molar-refractivity contribution in [2.75, 3.05) is 7.11 Å². The number of halogens is 1. The molecule has 0 aliphatic rings. The fourth-order valence-corrected chi connectivity index (χ4v) is 1.72. The lowest BCUT2D eigenvalue weighted by molar-refractivity contribution is -0.131. The number of carboxylic acids is 1. The van der Waals surface area contributed by atoms with Crippen molar-refractivity contribution >= 4 is 27.5 Å². The van der Waals surface area contributed by atoms with Crippen LogP contribution in [0.1, 0.15) is 12.5 Å². The molecule has 0 fully saturated rings. The van der Waals surface area contributed by atoms with Crippen LogP contribution in [0.2, 0.25) is 0 Å². The molecule has 0 spiro atoms. The highest BCUT2D eigenvalue weighted by Crippen LogP contribution is 2.28. The van der Waals surface area contributed by atoms with Gasteiger partial charge in [0.05, 0.1) is 11.6 Å². The third kappa shape index (κ3) is 3.09. The predicted molar refractivity (Wildman–Crippen MR) is 62.0 cm³/mol. The number of allylic oxidation sites excluding steroid dienone is 1. The molecule has 0 radical (unpaired) electrons. The van der Waals surface area contributed by atoms with Crippen molar-refractivity contribution in [2.45, 2.75) is 6.92 Å². The van der Waals surface area contributed by atoms with Gasteiger partial charge in [0.1, 0.15) is 5.75 Å². The Morgan fingerprint density at radius 1 is 1.53 bits per heavy atom. The van der Waals surface area contributed by atoms with E-state index in [1.165, 1.54) is 6.08 Å². The molecule has 0 unspecified atom stereocenters. The minimum absolute atomic E-state index is 0.700. The van der Waals surface area contributed by atoms with Gasteiger partial charge in [-0.3, -0.25) is 0 Å². The van der Waals surface area contributed by atoms with Crippen LogP contribution in [0.4, 0.5) is 0 Å². The first-order chi connectivity index (χ1) is 7.04. The van der Waals surface area contributed by atoms with E-state index in [0.29, 0.717) is 5.57 Å². The van der Waals surface area contributed by atoms with Crippen LogP contribution in [0.25, 0.3) is 5.57 Å².